The van der Waals surface area contributed by atoms with Crippen molar-refractivity contribution in [3.63, 3.8) is 0 Å². The minimum atomic E-state index is -0.111. The molecule has 1 amide bonds. The molecule has 1 aliphatic rings. The van der Waals surface area contributed by atoms with Gasteiger partial charge in [-0.05, 0) is 44.5 Å². The van der Waals surface area contributed by atoms with E-state index < -0.39 is 0 Å². The third kappa shape index (κ3) is 5.75. The predicted octanol–water partition coefficient (Wildman–Crippen LogP) is 2.33. The quantitative estimate of drug-likeness (QED) is 0.719. The Bertz CT molecular complexity index is 622. The van der Waals surface area contributed by atoms with Crippen molar-refractivity contribution >= 4 is 12.0 Å². The zero-order valence-electron chi connectivity index (χ0n) is 16.2. The van der Waals surface area contributed by atoms with Gasteiger partial charge in [0.2, 0.25) is 5.91 Å². The highest BCUT2D eigenvalue weighted by Gasteiger charge is 2.28. The monoisotopic (exact) mass is 362 g/mol. The van der Waals surface area contributed by atoms with Crippen LogP contribution in [0.1, 0.15) is 26.3 Å². The second kappa shape index (κ2) is 9.59. The van der Waals surface area contributed by atoms with E-state index in [1.807, 2.05) is 25.1 Å². The number of ether oxygens (including phenoxy) is 3. The third-order valence-corrected chi connectivity index (χ3v) is 4.48. The molecule has 0 aromatic heterocycles. The molecule has 0 bridgehead atoms. The molecule has 0 radical (unpaired) electrons. The molecular formula is C20H30N2O4. The Labute approximate surface area is 156 Å². The number of morpholine rings is 1. The van der Waals surface area contributed by atoms with Gasteiger partial charge >= 0.3 is 0 Å². The van der Waals surface area contributed by atoms with Crippen LogP contribution < -0.4 is 14.8 Å². The van der Waals surface area contributed by atoms with Gasteiger partial charge in [0.05, 0.1) is 26.9 Å². The summed E-state index contributed by atoms with van der Waals surface area (Å²) in [7, 11) is 1.61. The lowest BCUT2D eigenvalue weighted by atomic mass is 10.0. The first-order valence-corrected chi connectivity index (χ1v) is 9.06. The molecule has 6 heteroatoms. The van der Waals surface area contributed by atoms with E-state index in [0.717, 1.165) is 31.9 Å². The van der Waals surface area contributed by atoms with Crippen LogP contribution in [0, 0.1) is 0 Å². The number of nitrogens with one attached hydrogen (secondary N) is 1. The summed E-state index contributed by atoms with van der Waals surface area (Å²) in [5.74, 6) is 1.24. The molecule has 1 aliphatic heterocycles. The van der Waals surface area contributed by atoms with Gasteiger partial charge in [0, 0.05) is 31.2 Å². The highest BCUT2D eigenvalue weighted by Crippen LogP contribution is 2.28. The van der Waals surface area contributed by atoms with Crippen LogP contribution in [0.3, 0.4) is 0 Å². The second-order valence-corrected chi connectivity index (χ2v) is 6.81. The van der Waals surface area contributed by atoms with E-state index >= 15 is 0 Å². The van der Waals surface area contributed by atoms with E-state index in [-0.39, 0.29) is 11.4 Å². The number of benzene rings is 1. The van der Waals surface area contributed by atoms with Crippen molar-refractivity contribution in [1.29, 1.82) is 0 Å². The minimum absolute atomic E-state index is 0.102. The lowest BCUT2D eigenvalue weighted by molar-refractivity contribution is -0.117. The number of carbonyl (C=O) groups is 1. The molecule has 0 spiro atoms. The van der Waals surface area contributed by atoms with E-state index in [0.29, 0.717) is 24.7 Å². The lowest BCUT2D eigenvalue weighted by Gasteiger charge is -2.40. The molecular weight excluding hydrogens is 332 g/mol. The van der Waals surface area contributed by atoms with Gasteiger partial charge in [-0.25, -0.2) is 0 Å². The zero-order chi connectivity index (χ0) is 19.0. The van der Waals surface area contributed by atoms with Crippen molar-refractivity contribution in [2.75, 3.05) is 46.6 Å². The number of rotatable bonds is 8. The van der Waals surface area contributed by atoms with Crippen LogP contribution in [0.4, 0.5) is 0 Å². The van der Waals surface area contributed by atoms with Crippen LogP contribution in [-0.4, -0.2) is 62.9 Å². The van der Waals surface area contributed by atoms with Crippen LogP contribution in [-0.2, 0) is 9.53 Å². The van der Waals surface area contributed by atoms with E-state index in [9.17, 15) is 4.79 Å². The molecule has 26 heavy (non-hydrogen) atoms. The molecule has 144 valence electrons. The number of amides is 1. The van der Waals surface area contributed by atoms with Crippen molar-refractivity contribution in [3.8, 4) is 11.5 Å². The molecule has 1 aromatic rings. The lowest BCUT2D eigenvalue weighted by Crippen LogP contribution is -2.55. The first-order chi connectivity index (χ1) is 12.5. The average Bonchev–Trinajstić information content (AvgIpc) is 2.66. The number of hydrogen-bond donors (Lipinski definition) is 1. The molecule has 1 aromatic carbocycles. The second-order valence-electron chi connectivity index (χ2n) is 6.81. The third-order valence-electron chi connectivity index (χ3n) is 4.48. The van der Waals surface area contributed by atoms with Crippen LogP contribution in [0.15, 0.2) is 24.3 Å². The fraction of sp³-hybridized carbons (Fsp3) is 0.550. The molecule has 1 fully saturated rings. The first kappa shape index (κ1) is 20.3. The Kier molecular flexibility index (Phi) is 7.48. The maximum absolute atomic E-state index is 12.2. The Morgan fingerprint density at radius 3 is 2.69 bits per heavy atom. The van der Waals surface area contributed by atoms with Crippen LogP contribution in [0.2, 0.25) is 0 Å². The molecule has 0 saturated carbocycles. The molecule has 2 rings (SSSR count). The first-order valence-electron chi connectivity index (χ1n) is 9.06. The van der Waals surface area contributed by atoms with Gasteiger partial charge in [-0.3, -0.25) is 9.69 Å². The molecule has 0 unspecified atom stereocenters. The van der Waals surface area contributed by atoms with Crippen LogP contribution in [0.25, 0.3) is 6.08 Å². The summed E-state index contributed by atoms with van der Waals surface area (Å²) in [6.07, 6.45) is 3.33. The largest absolute Gasteiger partial charge is 0.493 e. The predicted molar refractivity (Wildman–Crippen MR) is 103 cm³/mol. The molecule has 0 atom stereocenters. The summed E-state index contributed by atoms with van der Waals surface area (Å²) in [6, 6.07) is 5.59. The Balaban J connectivity index is 1.91. The number of methoxy groups -OCH3 is 1. The van der Waals surface area contributed by atoms with Crippen molar-refractivity contribution in [1.82, 2.24) is 10.2 Å². The molecule has 1 N–H and O–H groups in total. The fourth-order valence-electron chi connectivity index (χ4n) is 2.88. The normalized spacial score (nSPS) is 15.8. The van der Waals surface area contributed by atoms with Crippen LogP contribution in [0.5, 0.6) is 11.5 Å². The summed E-state index contributed by atoms with van der Waals surface area (Å²) in [4.78, 5) is 14.5. The van der Waals surface area contributed by atoms with Gasteiger partial charge in [-0.15, -0.1) is 0 Å². The topological polar surface area (TPSA) is 60.0 Å². The van der Waals surface area contributed by atoms with Gasteiger partial charge in [0.25, 0.3) is 0 Å². The summed E-state index contributed by atoms with van der Waals surface area (Å²) >= 11 is 0. The van der Waals surface area contributed by atoms with Gasteiger partial charge < -0.3 is 19.5 Å². The van der Waals surface area contributed by atoms with Crippen molar-refractivity contribution in [2.24, 2.45) is 0 Å². The standard InChI is InChI=1S/C20H30N2O4/c1-5-26-18-14-16(6-8-17(18)24-4)7-9-19(23)21-15-20(2,3)22-10-12-25-13-11-22/h6-9,14H,5,10-13,15H2,1-4H3,(H,21,23)/b9-7+. The van der Waals surface area contributed by atoms with E-state index in [2.05, 4.69) is 24.1 Å². The molecule has 6 nitrogen and oxygen atoms in total. The zero-order valence-corrected chi connectivity index (χ0v) is 16.2. The summed E-state index contributed by atoms with van der Waals surface area (Å²) in [5, 5.41) is 2.99. The smallest absolute Gasteiger partial charge is 0.244 e. The van der Waals surface area contributed by atoms with Gasteiger partial charge in [0.1, 0.15) is 0 Å². The number of carbonyl (C=O) groups excluding carboxylic acids is 1. The maximum Gasteiger partial charge on any atom is 0.244 e. The summed E-state index contributed by atoms with van der Waals surface area (Å²) in [5.41, 5.74) is 0.784. The van der Waals surface area contributed by atoms with Gasteiger partial charge in [-0.1, -0.05) is 6.07 Å². The van der Waals surface area contributed by atoms with Gasteiger partial charge in [0.15, 0.2) is 11.5 Å². The van der Waals surface area contributed by atoms with Crippen molar-refractivity contribution in [3.05, 3.63) is 29.8 Å². The van der Waals surface area contributed by atoms with E-state index in [4.69, 9.17) is 14.2 Å². The highest BCUT2D eigenvalue weighted by atomic mass is 16.5. The fourth-order valence-corrected chi connectivity index (χ4v) is 2.88. The number of hydrogen-bond acceptors (Lipinski definition) is 5. The minimum Gasteiger partial charge on any atom is -0.493 e. The highest BCUT2D eigenvalue weighted by molar-refractivity contribution is 5.91. The summed E-state index contributed by atoms with van der Waals surface area (Å²) < 4.78 is 16.2. The van der Waals surface area contributed by atoms with Crippen molar-refractivity contribution < 1.29 is 19.0 Å². The average molecular weight is 362 g/mol. The Morgan fingerprint density at radius 2 is 2.04 bits per heavy atom. The van der Waals surface area contributed by atoms with E-state index in [1.165, 1.54) is 0 Å². The molecule has 1 heterocycles. The van der Waals surface area contributed by atoms with Crippen LogP contribution >= 0.6 is 0 Å². The Morgan fingerprint density at radius 1 is 1.31 bits per heavy atom. The maximum atomic E-state index is 12.2. The summed E-state index contributed by atoms with van der Waals surface area (Å²) in [6.45, 7) is 10.6. The SMILES string of the molecule is CCOc1cc(/C=C/C(=O)NCC(C)(C)N2CCOCC2)ccc1OC. The van der Waals surface area contributed by atoms with Crippen molar-refractivity contribution in [2.45, 2.75) is 26.3 Å². The molecule has 0 aliphatic carbocycles. The van der Waals surface area contributed by atoms with E-state index in [1.54, 1.807) is 19.3 Å². The van der Waals surface area contributed by atoms with Gasteiger partial charge in [-0.2, -0.15) is 0 Å². The molecule has 1 saturated heterocycles. The Hall–Kier alpha value is -2.05. The number of nitrogens with zero attached hydrogens (tertiary/aromatic N) is 1.